The highest BCUT2D eigenvalue weighted by molar-refractivity contribution is 6.30. The van der Waals surface area contributed by atoms with E-state index in [2.05, 4.69) is 10.1 Å². The summed E-state index contributed by atoms with van der Waals surface area (Å²) in [7, 11) is 0. The van der Waals surface area contributed by atoms with Gasteiger partial charge in [0.15, 0.2) is 5.82 Å². The van der Waals surface area contributed by atoms with Gasteiger partial charge in [-0.25, -0.2) is 0 Å². The highest BCUT2D eigenvalue weighted by atomic mass is 35.5. The van der Waals surface area contributed by atoms with E-state index in [9.17, 15) is 9.59 Å². The van der Waals surface area contributed by atoms with Crippen LogP contribution in [0, 0.1) is 5.41 Å². The Labute approximate surface area is 211 Å². The van der Waals surface area contributed by atoms with Crippen molar-refractivity contribution >= 4 is 23.4 Å². The van der Waals surface area contributed by atoms with Crippen molar-refractivity contribution in [1.29, 1.82) is 0 Å². The molecule has 0 spiro atoms. The van der Waals surface area contributed by atoms with Crippen LogP contribution in [0.25, 0.3) is 0 Å². The molecule has 2 amide bonds. The summed E-state index contributed by atoms with van der Waals surface area (Å²) >= 11 is 6.14. The van der Waals surface area contributed by atoms with Gasteiger partial charge >= 0.3 is 0 Å². The fourth-order valence-electron chi connectivity index (χ4n) is 5.01. The number of aryl methyl sites for hydroxylation is 2. The number of benzene rings is 1. The lowest BCUT2D eigenvalue weighted by atomic mass is 9.77. The molecule has 2 aliphatic heterocycles. The number of nitrogens with zero attached hydrogens (tertiary/aromatic N) is 4. The van der Waals surface area contributed by atoms with Crippen molar-refractivity contribution in [1.82, 2.24) is 19.9 Å². The van der Waals surface area contributed by atoms with Gasteiger partial charge in [0.05, 0.1) is 6.61 Å². The summed E-state index contributed by atoms with van der Waals surface area (Å²) in [5, 5.41) is 4.51. The Bertz CT molecular complexity index is 1010. The van der Waals surface area contributed by atoms with Gasteiger partial charge in [-0.15, -0.1) is 0 Å². The molecule has 1 aromatic carbocycles. The van der Waals surface area contributed by atoms with Crippen LogP contribution in [-0.2, 0) is 22.4 Å². The Morgan fingerprint density at radius 1 is 1.11 bits per heavy atom. The third kappa shape index (κ3) is 6.97. The number of carbonyl (C=O) groups excluding carboxylic acids is 2. The van der Waals surface area contributed by atoms with Crippen molar-refractivity contribution in [3.63, 3.8) is 0 Å². The normalized spacial score (nSPS) is 20.6. The topological polar surface area (TPSA) is 88.8 Å². The van der Waals surface area contributed by atoms with Crippen LogP contribution < -0.4 is 4.74 Å². The standard InChI is InChI=1S/C26H35ClN4O4/c1-2-22-28-23(35-29-22)10-11-24(32)31-15-7-12-26(18-31,17-25(33)30-13-4-3-5-14-30)19-34-21-9-6-8-20(27)16-21/h6,8-9,16H,2-5,7,10-15,17-19H2,1H3/t26-/m0/s1. The maximum absolute atomic E-state index is 13.3. The summed E-state index contributed by atoms with van der Waals surface area (Å²) in [5.74, 6) is 2.01. The van der Waals surface area contributed by atoms with E-state index < -0.39 is 5.41 Å². The van der Waals surface area contributed by atoms with Gasteiger partial charge in [-0.2, -0.15) is 4.98 Å². The number of rotatable bonds is 9. The van der Waals surface area contributed by atoms with Gasteiger partial charge in [-0.05, 0) is 50.3 Å². The number of halogens is 1. The lowest BCUT2D eigenvalue weighted by Gasteiger charge is -2.43. The second-order valence-electron chi connectivity index (χ2n) is 9.74. The zero-order valence-electron chi connectivity index (χ0n) is 20.5. The van der Waals surface area contributed by atoms with Crippen LogP contribution >= 0.6 is 11.6 Å². The molecule has 0 N–H and O–H groups in total. The summed E-state index contributed by atoms with van der Waals surface area (Å²) < 4.78 is 11.4. The molecule has 2 fully saturated rings. The van der Waals surface area contributed by atoms with Gasteiger partial charge in [0.25, 0.3) is 0 Å². The molecule has 2 aliphatic rings. The zero-order chi connectivity index (χ0) is 24.7. The number of hydrogen-bond donors (Lipinski definition) is 0. The molecule has 0 unspecified atom stereocenters. The zero-order valence-corrected chi connectivity index (χ0v) is 21.3. The number of piperidine rings is 2. The SMILES string of the molecule is CCc1noc(CCC(=O)N2CCC[C@](COc3cccc(Cl)c3)(CC(=O)N3CCCCC3)C2)n1. The van der Waals surface area contributed by atoms with Gasteiger partial charge in [-0.3, -0.25) is 9.59 Å². The van der Waals surface area contributed by atoms with E-state index in [0.29, 0.717) is 67.9 Å². The summed E-state index contributed by atoms with van der Waals surface area (Å²) in [4.78, 5) is 34.6. The summed E-state index contributed by atoms with van der Waals surface area (Å²) in [6.45, 7) is 5.13. The van der Waals surface area contributed by atoms with Crippen molar-refractivity contribution in [3.8, 4) is 5.75 Å². The molecule has 2 aromatic rings. The van der Waals surface area contributed by atoms with E-state index in [1.807, 2.05) is 28.9 Å². The first-order valence-corrected chi connectivity index (χ1v) is 13.1. The molecule has 3 heterocycles. The number of ether oxygens (including phenoxy) is 1. The van der Waals surface area contributed by atoms with Gasteiger partial charge in [0, 0.05) is 62.3 Å². The molecule has 0 saturated carbocycles. The van der Waals surface area contributed by atoms with E-state index >= 15 is 0 Å². The van der Waals surface area contributed by atoms with Crippen molar-refractivity contribution in [2.45, 2.75) is 64.7 Å². The Hall–Kier alpha value is -2.61. The second-order valence-corrected chi connectivity index (χ2v) is 10.2. The first-order valence-electron chi connectivity index (χ1n) is 12.7. The molecule has 8 nitrogen and oxygen atoms in total. The van der Waals surface area contributed by atoms with Gasteiger partial charge < -0.3 is 19.1 Å². The number of likely N-dealkylation sites (tertiary alicyclic amines) is 2. The molecular formula is C26H35ClN4O4. The highest BCUT2D eigenvalue weighted by Gasteiger charge is 2.41. The van der Waals surface area contributed by atoms with Gasteiger partial charge in [0.2, 0.25) is 17.7 Å². The predicted molar refractivity (Wildman–Crippen MR) is 132 cm³/mol. The van der Waals surface area contributed by atoms with Gasteiger partial charge in [0.1, 0.15) is 5.75 Å². The van der Waals surface area contributed by atoms with Crippen molar-refractivity contribution in [2.75, 3.05) is 32.8 Å². The van der Waals surface area contributed by atoms with E-state index in [1.165, 1.54) is 6.42 Å². The number of aromatic nitrogens is 2. The van der Waals surface area contributed by atoms with Crippen LogP contribution in [0.1, 0.15) is 63.6 Å². The third-order valence-corrected chi connectivity index (χ3v) is 7.20. The molecule has 190 valence electrons. The lowest BCUT2D eigenvalue weighted by Crippen LogP contribution is -2.51. The van der Waals surface area contributed by atoms with Crippen LogP contribution in [0.2, 0.25) is 5.02 Å². The van der Waals surface area contributed by atoms with Crippen LogP contribution in [0.15, 0.2) is 28.8 Å². The maximum Gasteiger partial charge on any atom is 0.227 e. The van der Waals surface area contributed by atoms with E-state index in [-0.39, 0.29) is 11.8 Å². The van der Waals surface area contributed by atoms with Crippen LogP contribution in [0.5, 0.6) is 5.75 Å². The van der Waals surface area contributed by atoms with Crippen LogP contribution in [-0.4, -0.2) is 64.5 Å². The molecule has 1 atom stereocenters. The monoisotopic (exact) mass is 502 g/mol. The minimum atomic E-state index is -0.440. The van der Waals surface area contributed by atoms with Crippen molar-refractivity contribution in [2.24, 2.45) is 5.41 Å². The molecule has 4 rings (SSSR count). The average Bonchev–Trinajstić information content (AvgIpc) is 3.35. The molecule has 9 heteroatoms. The molecule has 0 aliphatic carbocycles. The number of amides is 2. The van der Waals surface area contributed by atoms with Crippen LogP contribution in [0.3, 0.4) is 0 Å². The Balaban J connectivity index is 1.44. The fourth-order valence-corrected chi connectivity index (χ4v) is 5.19. The molecule has 0 bridgehead atoms. The Morgan fingerprint density at radius 2 is 1.91 bits per heavy atom. The molecule has 35 heavy (non-hydrogen) atoms. The predicted octanol–water partition coefficient (Wildman–Crippen LogP) is 4.31. The highest BCUT2D eigenvalue weighted by Crippen LogP contribution is 2.36. The summed E-state index contributed by atoms with van der Waals surface area (Å²) in [5.41, 5.74) is -0.440. The molecule has 1 aromatic heterocycles. The first kappa shape index (κ1) is 25.5. The van der Waals surface area contributed by atoms with E-state index in [4.69, 9.17) is 20.9 Å². The Kier molecular flexibility index (Phi) is 8.65. The Morgan fingerprint density at radius 3 is 2.66 bits per heavy atom. The van der Waals surface area contributed by atoms with Crippen molar-refractivity contribution < 1.29 is 18.8 Å². The second kappa shape index (κ2) is 11.9. The third-order valence-electron chi connectivity index (χ3n) is 6.97. The van der Waals surface area contributed by atoms with Crippen molar-refractivity contribution in [3.05, 3.63) is 41.0 Å². The number of hydrogen-bond acceptors (Lipinski definition) is 6. The molecule has 2 saturated heterocycles. The largest absolute Gasteiger partial charge is 0.493 e. The summed E-state index contributed by atoms with van der Waals surface area (Å²) in [6.07, 6.45) is 6.74. The molecule has 0 radical (unpaired) electrons. The first-order chi connectivity index (χ1) is 17.0. The minimum absolute atomic E-state index is 0.0403. The van der Waals surface area contributed by atoms with E-state index in [1.54, 1.807) is 12.1 Å². The minimum Gasteiger partial charge on any atom is -0.493 e. The maximum atomic E-state index is 13.3. The van der Waals surface area contributed by atoms with Gasteiger partial charge in [-0.1, -0.05) is 29.7 Å². The fraction of sp³-hybridized carbons (Fsp3) is 0.615. The average molecular weight is 503 g/mol. The van der Waals surface area contributed by atoms with E-state index in [0.717, 1.165) is 38.8 Å². The number of carbonyl (C=O) groups is 2. The smallest absolute Gasteiger partial charge is 0.227 e. The molecular weight excluding hydrogens is 468 g/mol. The quantitative estimate of drug-likeness (QED) is 0.507. The lowest BCUT2D eigenvalue weighted by molar-refractivity contribution is -0.142. The van der Waals surface area contributed by atoms with Crippen LogP contribution in [0.4, 0.5) is 0 Å². The summed E-state index contributed by atoms with van der Waals surface area (Å²) in [6, 6.07) is 7.30.